The molecule has 0 saturated heterocycles. The van der Waals surface area contributed by atoms with Crippen molar-refractivity contribution in [2.75, 3.05) is 39.6 Å². The lowest BCUT2D eigenvalue weighted by Crippen LogP contribution is -2.30. The number of hydrogen-bond acceptors (Lipinski definition) is 15. The molecule has 0 rings (SSSR count). The number of allylic oxidation sites excluding steroid dienone is 12. The number of hydrogen-bond donors (Lipinski definition) is 3. The van der Waals surface area contributed by atoms with E-state index in [1.807, 2.05) is 12.2 Å². The van der Waals surface area contributed by atoms with Crippen molar-refractivity contribution < 1.29 is 80.2 Å². The summed E-state index contributed by atoms with van der Waals surface area (Å²) in [5.41, 5.74) is 0. The summed E-state index contributed by atoms with van der Waals surface area (Å²) in [4.78, 5) is 72.8. The average molecular weight is 1430 g/mol. The third-order valence-electron chi connectivity index (χ3n) is 16.6. The highest BCUT2D eigenvalue weighted by Gasteiger charge is 2.30. The van der Waals surface area contributed by atoms with E-state index in [4.69, 9.17) is 37.0 Å². The van der Waals surface area contributed by atoms with Gasteiger partial charge in [-0.05, 0) is 116 Å². The van der Waals surface area contributed by atoms with Crippen molar-refractivity contribution >= 4 is 39.5 Å². The van der Waals surface area contributed by atoms with E-state index in [0.29, 0.717) is 32.1 Å². The number of phosphoric ester groups is 2. The van der Waals surface area contributed by atoms with Crippen molar-refractivity contribution in [3.8, 4) is 0 Å². The first-order valence-corrected chi connectivity index (χ1v) is 42.2. The highest BCUT2D eigenvalue weighted by atomic mass is 31.2. The lowest BCUT2D eigenvalue weighted by molar-refractivity contribution is -0.161. The summed E-state index contributed by atoms with van der Waals surface area (Å²) in [5.74, 6) is -2.23. The largest absolute Gasteiger partial charge is 0.472 e. The molecule has 3 N–H and O–H groups in total. The molecule has 19 heteroatoms. The van der Waals surface area contributed by atoms with Crippen LogP contribution in [0.5, 0.6) is 0 Å². The Bertz CT molecular complexity index is 2140. The molecule has 0 aliphatic rings. The van der Waals surface area contributed by atoms with E-state index in [-0.39, 0.29) is 25.7 Å². The minimum atomic E-state index is -4.98. The Hall–Kier alpha value is -3.50. The first-order valence-electron chi connectivity index (χ1n) is 39.2. The minimum Gasteiger partial charge on any atom is -0.462 e. The Morgan fingerprint density at radius 2 is 0.510 bits per heavy atom. The van der Waals surface area contributed by atoms with E-state index < -0.39 is 97.5 Å². The predicted molar refractivity (Wildman–Crippen MR) is 400 cm³/mol. The molecule has 5 atom stereocenters. The van der Waals surface area contributed by atoms with Crippen molar-refractivity contribution in [1.82, 2.24) is 0 Å². The van der Waals surface area contributed by atoms with Crippen LogP contribution in [0.15, 0.2) is 72.9 Å². The number of unbranched alkanes of at least 4 members (excludes halogenated alkanes) is 36. The van der Waals surface area contributed by atoms with Gasteiger partial charge >= 0.3 is 39.5 Å². The summed E-state index contributed by atoms with van der Waals surface area (Å²) in [6.07, 6.45) is 71.8. The standard InChI is InChI=1S/C79H142O17P2/c1-5-9-13-17-21-25-29-33-35-36-38-42-46-50-54-58-62-66-79(84)96-75(70-90-77(82)64-60-56-52-48-44-41-37-34-30-26-22-18-14-10-6-2)72-94-98(87,88)92-68-73(80)67-91-97(85,86)93-71-74(95-78(83)65-61-57-53-49-45-40-32-28-24-20-16-12-8-4)69-89-76(81)63-59-55-51-47-43-39-31-27-23-19-15-11-7-3/h21,25,27-28,31-33,35,38,42,50,54,73-75,80H,5-20,22-24,26,29-30,34,36-37,39-41,43-49,51-53,55-72H2,1-4H3,(H,85,86)(H,87,88)/b25-21-,31-27-,32-28-,35-33-,42-38-,54-50-/t73?,74-,75-/m1/s1. The van der Waals surface area contributed by atoms with Crippen molar-refractivity contribution in [3.63, 3.8) is 0 Å². The van der Waals surface area contributed by atoms with E-state index in [1.54, 1.807) is 0 Å². The monoisotopic (exact) mass is 1420 g/mol. The number of esters is 4. The first kappa shape index (κ1) is 94.5. The maximum absolute atomic E-state index is 13.1. The maximum Gasteiger partial charge on any atom is 0.472 e. The Balaban J connectivity index is 5.38. The fraction of sp³-hybridized carbons (Fsp3) is 0.797. The first-order chi connectivity index (χ1) is 47.7. The van der Waals surface area contributed by atoms with Crippen LogP contribution in [-0.2, 0) is 65.4 Å². The molecular formula is C79H142O17P2. The molecule has 0 radical (unpaired) electrons. The van der Waals surface area contributed by atoms with E-state index in [9.17, 15) is 43.2 Å². The second-order valence-electron chi connectivity index (χ2n) is 26.3. The molecule has 570 valence electrons. The molecule has 0 fully saturated rings. The molecule has 0 heterocycles. The van der Waals surface area contributed by atoms with Crippen molar-refractivity contribution in [3.05, 3.63) is 72.9 Å². The third kappa shape index (κ3) is 70.9. The normalized spacial score (nSPS) is 14.3. The van der Waals surface area contributed by atoms with Crippen LogP contribution < -0.4 is 0 Å². The van der Waals surface area contributed by atoms with Gasteiger partial charge in [0.15, 0.2) is 12.2 Å². The molecule has 17 nitrogen and oxygen atoms in total. The summed E-state index contributed by atoms with van der Waals surface area (Å²) in [5, 5.41) is 10.6. The number of carbonyl (C=O) groups excluding carboxylic acids is 4. The fourth-order valence-corrected chi connectivity index (χ4v) is 12.2. The lowest BCUT2D eigenvalue weighted by atomic mass is 10.0. The number of rotatable bonds is 74. The summed E-state index contributed by atoms with van der Waals surface area (Å²) < 4.78 is 68.4. The molecule has 3 unspecified atom stereocenters. The molecule has 0 aliphatic carbocycles. The Kier molecular flexibility index (Phi) is 69.3. The highest BCUT2D eigenvalue weighted by Crippen LogP contribution is 2.45. The van der Waals surface area contributed by atoms with Crippen molar-refractivity contribution in [1.29, 1.82) is 0 Å². The van der Waals surface area contributed by atoms with E-state index >= 15 is 0 Å². The van der Waals surface area contributed by atoms with Crippen LogP contribution in [0, 0.1) is 0 Å². The molecule has 0 aromatic rings. The smallest absolute Gasteiger partial charge is 0.462 e. The van der Waals surface area contributed by atoms with Crippen LogP contribution in [0.1, 0.15) is 349 Å². The zero-order valence-corrected chi connectivity index (χ0v) is 64.0. The summed E-state index contributed by atoms with van der Waals surface area (Å²) in [6, 6.07) is 0. The molecular weight excluding hydrogens is 1280 g/mol. The van der Waals surface area contributed by atoms with Gasteiger partial charge in [-0.2, -0.15) is 0 Å². The zero-order chi connectivity index (χ0) is 71.8. The molecule has 0 aromatic carbocycles. The quantitative estimate of drug-likeness (QED) is 0.0169. The van der Waals surface area contributed by atoms with Crippen LogP contribution in [0.4, 0.5) is 0 Å². The van der Waals surface area contributed by atoms with Gasteiger partial charge in [0.1, 0.15) is 19.3 Å². The number of carbonyl (C=O) groups is 4. The predicted octanol–water partition coefficient (Wildman–Crippen LogP) is 22.4. The molecule has 0 aromatic heterocycles. The van der Waals surface area contributed by atoms with Crippen LogP contribution >= 0.6 is 15.6 Å². The Morgan fingerprint density at radius 1 is 0.286 bits per heavy atom. The topological polar surface area (TPSA) is 237 Å². The number of aliphatic hydroxyl groups is 1. The SMILES string of the molecule is CCCCC/C=C\C/C=C\C/C=C\C/C=C\CCCC(=O)O[C@H](COC(=O)CCCCCCCCCCCCCCCCC)COP(=O)(O)OCC(O)COP(=O)(O)OC[C@@H](COC(=O)CCCCCCC/C=C\CCCCCC)OC(=O)CCCCCCC/C=C\CCCCCC. The van der Waals surface area contributed by atoms with Gasteiger partial charge in [0.2, 0.25) is 0 Å². The van der Waals surface area contributed by atoms with Crippen LogP contribution in [0.25, 0.3) is 0 Å². The average Bonchev–Trinajstić information content (AvgIpc) is 1.02. The minimum absolute atomic E-state index is 0.0229. The van der Waals surface area contributed by atoms with Crippen molar-refractivity contribution in [2.24, 2.45) is 0 Å². The number of ether oxygens (including phenoxy) is 4. The highest BCUT2D eigenvalue weighted by molar-refractivity contribution is 7.47. The summed E-state index contributed by atoms with van der Waals surface area (Å²) >= 11 is 0. The van der Waals surface area contributed by atoms with E-state index in [0.717, 1.165) is 122 Å². The molecule has 0 bridgehead atoms. The maximum atomic E-state index is 13.1. The van der Waals surface area contributed by atoms with Gasteiger partial charge in [-0.25, -0.2) is 9.13 Å². The van der Waals surface area contributed by atoms with E-state index in [2.05, 4.69) is 88.5 Å². The van der Waals surface area contributed by atoms with Gasteiger partial charge in [-0.15, -0.1) is 0 Å². The molecule has 0 saturated carbocycles. The van der Waals surface area contributed by atoms with Gasteiger partial charge in [-0.3, -0.25) is 37.3 Å². The molecule has 0 amide bonds. The van der Waals surface area contributed by atoms with Gasteiger partial charge in [0.05, 0.1) is 26.4 Å². The van der Waals surface area contributed by atoms with Crippen LogP contribution in [-0.4, -0.2) is 96.7 Å². The van der Waals surface area contributed by atoms with Gasteiger partial charge < -0.3 is 33.8 Å². The Labute approximate surface area is 596 Å². The van der Waals surface area contributed by atoms with Gasteiger partial charge in [0.25, 0.3) is 0 Å². The number of phosphoric acid groups is 2. The zero-order valence-electron chi connectivity index (χ0n) is 62.2. The summed E-state index contributed by atoms with van der Waals surface area (Å²) in [6.45, 7) is 4.78. The lowest BCUT2D eigenvalue weighted by Gasteiger charge is -2.21. The van der Waals surface area contributed by atoms with Crippen LogP contribution in [0.3, 0.4) is 0 Å². The molecule has 98 heavy (non-hydrogen) atoms. The Morgan fingerprint density at radius 3 is 0.847 bits per heavy atom. The van der Waals surface area contributed by atoms with Crippen molar-refractivity contribution in [2.45, 2.75) is 367 Å². The van der Waals surface area contributed by atoms with Gasteiger partial charge in [-0.1, -0.05) is 280 Å². The fourth-order valence-electron chi connectivity index (χ4n) is 10.6. The number of aliphatic hydroxyl groups excluding tert-OH is 1. The van der Waals surface area contributed by atoms with Gasteiger partial charge in [0, 0.05) is 25.7 Å². The molecule has 0 spiro atoms. The molecule has 0 aliphatic heterocycles. The summed E-state index contributed by atoms with van der Waals surface area (Å²) in [7, 11) is -9.96. The second-order valence-corrected chi connectivity index (χ2v) is 29.2. The van der Waals surface area contributed by atoms with Crippen LogP contribution in [0.2, 0.25) is 0 Å². The second kappa shape index (κ2) is 71.9. The van der Waals surface area contributed by atoms with E-state index in [1.165, 1.54) is 141 Å². The third-order valence-corrected chi connectivity index (χ3v) is 18.5.